The first-order valence-electron chi connectivity index (χ1n) is 7.44. The van der Waals surface area contributed by atoms with E-state index in [-0.39, 0.29) is 12.5 Å². The van der Waals surface area contributed by atoms with E-state index in [0.29, 0.717) is 29.8 Å². The van der Waals surface area contributed by atoms with Gasteiger partial charge in [0.05, 0.1) is 19.2 Å². The van der Waals surface area contributed by atoms with E-state index >= 15 is 0 Å². The molecule has 0 aromatic heterocycles. The van der Waals surface area contributed by atoms with Crippen molar-refractivity contribution in [1.29, 1.82) is 0 Å². The Labute approximate surface area is 136 Å². The lowest BCUT2D eigenvalue weighted by Crippen LogP contribution is -2.09. The number of methoxy groups -OCH3 is 1. The summed E-state index contributed by atoms with van der Waals surface area (Å²) in [6.45, 7) is 0.777. The number of benzene rings is 1. The smallest absolute Gasteiger partial charge is 0.339 e. The number of carbonyl (C=O) groups is 2. The Morgan fingerprint density at radius 2 is 1.96 bits per heavy atom. The van der Waals surface area contributed by atoms with Crippen LogP contribution in [0.25, 0.3) is 0 Å². The lowest BCUT2D eigenvalue weighted by atomic mass is 10.1. The van der Waals surface area contributed by atoms with E-state index in [4.69, 9.17) is 20.9 Å². The van der Waals surface area contributed by atoms with Crippen LogP contribution in [0.4, 0.5) is 0 Å². The van der Waals surface area contributed by atoms with Gasteiger partial charge in [0.1, 0.15) is 5.75 Å². The summed E-state index contributed by atoms with van der Waals surface area (Å²) >= 11 is 0. The first-order valence-corrected chi connectivity index (χ1v) is 7.44. The fraction of sp³-hybridized carbons (Fsp3) is 0.412. The molecule has 0 aliphatic carbocycles. The zero-order valence-electron chi connectivity index (χ0n) is 13.3. The quantitative estimate of drug-likeness (QED) is 0.339. The third-order valence-corrected chi connectivity index (χ3v) is 3.04. The van der Waals surface area contributed by atoms with E-state index in [1.54, 1.807) is 0 Å². The van der Waals surface area contributed by atoms with E-state index in [1.807, 2.05) is 0 Å². The minimum Gasteiger partial charge on any atom is -0.465 e. The topological polar surface area (TPSA) is 105 Å². The first kappa shape index (κ1) is 18.7. The molecule has 0 aliphatic rings. The summed E-state index contributed by atoms with van der Waals surface area (Å²) in [6, 6.07) is 4.59. The lowest BCUT2D eigenvalue weighted by molar-refractivity contribution is -0.134. The first-order chi connectivity index (χ1) is 11.1. The minimum atomic E-state index is -0.508. The standard InChI is InChI=1S/C17H22N2O4/c1-22-17(21)15-9-8-14(12-13(15)6-5-11-19)23-16(20)7-3-2-4-10-18/h8-9,12H,2-4,7,10-11,18-19H2,1H3. The minimum absolute atomic E-state index is 0.159. The van der Waals surface area contributed by atoms with Crippen LogP contribution in [0, 0.1) is 11.8 Å². The Hall–Kier alpha value is -2.36. The molecule has 0 fully saturated rings. The molecule has 0 saturated heterocycles. The average molecular weight is 318 g/mol. The van der Waals surface area contributed by atoms with Crippen molar-refractivity contribution < 1.29 is 19.1 Å². The van der Waals surface area contributed by atoms with Crippen LogP contribution in [-0.4, -0.2) is 32.1 Å². The van der Waals surface area contributed by atoms with Crippen LogP contribution in [0.1, 0.15) is 41.6 Å². The summed E-state index contributed by atoms with van der Waals surface area (Å²) in [5.41, 5.74) is 11.5. The van der Waals surface area contributed by atoms with Crippen molar-refractivity contribution in [3.05, 3.63) is 29.3 Å². The Morgan fingerprint density at radius 3 is 2.61 bits per heavy atom. The number of nitrogens with two attached hydrogens (primary N) is 2. The highest BCUT2D eigenvalue weighted by atomic mass is 16.5. The normalized spacial score (nSPS) is 9.70. The van der Waals surface area contributed by atoms with Gasteiger partial charge in [-0.2, -0.15) is 0 Å². The SMILES string of the molecule is COC(=O)c1ccc(OC(=O)CCCCCN)cc1C#CCN. The van der Waals surface area contributed by atoms with Gasteiger partial charge in [-0.05, 0) is 37.6 Å². The molecular formula is C17H22N2O4. The van der Waals surface area contributed by atoms with Gasteiger partial charge in [0.15, 0.2) is 0 Å². The Kier molecular flexibility index (Phi) is 8.43. The zero-order valence-corrected chi connectivity index (χ0v) is 13.3. The number of carbonyl (C=O) groups excluding carboxylic acids is 2. The Balaban J connectivity index is 2.80. The number of rotatable bonds is 7. The molecule has 4 N–H and O–H groups in total. The molecule has 6 nitrogen and oxygen atoms in total. The van der Waals surface area contributed by atoms with Crippen molar-refractivity contribution in [3.8, 4) is 17.6 Å². The Bertz CT molecular complexity index is 602. The molecule has 1 rings (SSSR count). The fourth-order valence-corrected chi connectivity index (χ4v) is 1.90. The summed E-state index contributed by atoms with van der Waals surface area (Å²) in [6.07, 6.45) is 2.83. The van der Waals surface area contributed by atoms with Gasteiger partial charge >= 0.3 is 11.9 Å². The van der Waals surface area contributed by atoms with Gasteiger partial charge in [-0.15, -0.1) is 0 Å². The van der Waals surface area contributed by atoms with Gasteiger partial charge in [-0.25, -0.2) is 4.79 Å². The molecule has 6 heteroatoms. The predicted molar refractivity (Wildman–Crippen MR) is 86.9 cm³/mol. The molecule has 1 aromatic carbocycles. The highest BCUT2D eigenvalue weighted by molar-refractivity contribution is 5.92. The van der Waals surface area contributed by atoms with Crippen molar-refractivity contribution in [2.45, 2.75) is 25.7 Å². The van der Waals surface area contributed by atoms with Crippen molar-refractivity contribution >= 4 is 11.9 Å². The number of hydrogen-bond acceptors (Lipinski definition) is 6. The van der Waals surface area contributed by atoms with Crippen LogP contribution >= 0.6 is 0 Å². The van der Waals surface area contributed by atoms with Crippen LogP contribution in [0.3, 0.4) is 0 Å². The van der Waals surface area contributed by atoms with E-state index in [0.717, 1.165) is 19.3 Å². The Morgan fingerprint density at radius 1 is 1.17 bits per heavy atom. The third-order valence-electron chi connectivity index (χ3n) is 3.04. The maximum atomic E-state index is 11.8. The van der Waals surface area contributed by atoms with E-state index < -0.39 is 5.97 Å². The monoisotopic (exact) mass is 318 g/mol. The van der Waals surface area contributed by atoms with Crippen molar-refractivity contribution in [3.63, 3.8) is 0 Å². The fourth-order valence-electron chi connectivity index (χ4n) is 1.90. The molecule has 0 saturated carbocycles. The van der Waals surface area contributed by atoms with Crippen LogP contribution in [0.2, 0.25) is 0 Å². The van der Waals surface area contributed by atoms with Gasteiger partial charge in [-0.1, -0.05) is 18.3 Å². The molecule has 0 atom stereocenters. The lowest BCUT2D eigenvalue weighted by Gasteiger charge is -2.07. The molecular weight excluding hydrogens is 296 g/mol. The molecule has 23 heavy (non-hydrogen) atoms. The predicted octanol–water partition coefficient (Wildman–Crippen LogP) is 1.21. The molecule has 1 aromatic rings. The number of hydrogen-bond donors (Lipinski definition) is 2. The molecule has 0 spiro atoms. The maximum Gasteiger partial charge on any atom is 0.339 e. The van der Waals surface area contributed by atoms with Gasteiger partial charge in [0.25, 0.3) is 0 Å². The second-order valence-electron chi connectivity index (χ2n) is 4.78. The average Bonchev–Trinajstić information content (AvgIpc) is 2.56. The van der Waals surface area contributed by atoms with Crippen LogP contribution in [-0.2, 0) is 9.53 Å². The second kappa shape index (κ2) is 10.4. The van der Waals surface area contributed by atoms with Crippen LogP contribution < -0.4 is 16.2 Å². The summed E-state index contributed by atoms with van der Waals surface area (Å²) in [5, 5.41) is 0. The molecule has 0 unspecified atom stereocenters. The van der Waals surface area contributed by atoms with E-state index in [2.05, 4.69) is 11.8 Å². The van der Waals surface area contributed by atoms with E-state index in [1.165, 1.54) is 25.3 Å². The van der Waals surface area contributed by atoms with Crippen LogP contribution in [0.5, 0.6) is 5.75 Å². The summed E-state index contributed by atoms with van der Waals surface area (Å²) in [4.78, 5) is 23.5. The molecule has 0 heterocycles. The summed E-state index contributed by atoms with van der Waals surface area (Å²) < 4.78 is 9.96. The van der Waals surface area contributed by atoms with Crippen molar-refractivity contribution in [2.24, 2.45) is 11.5 Å². The highest BCUT2D eigenvalue weighted by Crippen LogP contribution is 2.19. The number of esters is 2. The maximum absolute atomic E-state index is 11.8. The molecule has 124 valence electrons. The molecule has 0 aliphatic heterocycles. The highest BCUT2D eigenvalue weighted by Gasteiger charge is 2.13. The summed E-state index contributed by atoms with van der Waals surface area (Å²) in [5.74, 6) is 4.95. The van der Waals surface area contributed by atoms with Gasteiger partial charge < -0.3 is 20.9 Å². The second-order valence-corrected chi connectivity index (χ2v) is 4.78. The number of unbranched alkanes of at least 4 members (excludes halogenated alkanes) is 2. The number of ether oxygens (including phenoxy) is 2. The zero-order chi connectivity index (χ0) is 17.1. The van der Waals surface area contributed by atoms with Crippen LogP contribution in [0.15, 0.2) is 18.2 Å². The largest absolute Gasteiger partial charge is 0.465 e. The molecule has 0 amide bonds. The van der Waals surface area contributed by atoms with E-state index in [9.17, 15) is 9.59 Å². The van der Waals surface area contributed by atoms with Crippen molar-refractivity contribution in [2.75, 3.05) is 20.2 Å². The van der Waals surface area contributed by atoms with Gasteiger partial charge in [-0.3, -0.25) is 4.79 Å². The van der Waals surface area contributed by atoms with Crippen molar-refractivity contribution in [1.82, 2.24) is 0 Å². The summed E-state index contributed by atoms with van der Waals surface area (Å²) in [7, 11) is 1.29. The van der Waals surface area contributed by atoms with Gasteiger partial charge in [0.2, 0.25) is 0 Å². The van der Waals surface area contributed by atoms with Gasteiger partial charge in [0, 0.05) is 12.0 Å². The molecule has 0 bridgehead atoms. The third kappa shape index (κ3) is 6.51. The molecule has 0 radical (unpaired) electrons.